The van der Waals surface area contributed by atoms with Crippen LogP contribution in [0.15, 0.2) is 42.5 Å². The van der Waals surface area contributed by atoms with E-state index in [4.69, 9.17) is 9.47 Å². The van der Waals surface area contributed by atoms with Gasteiger partial charge in [-0.2, -0.15) is 0 Å². The van der Waals surface area contributed by atoms with E-state index in [1.807, 2.05) is 35.2 Å². The largest absolute Gasteiger partial charge is 0.497 e. The fraction of sp³-hybridized carbons (Fsp3) is 0.409. The van der Waals surface area contributed by atoms with Crippen molar-refractivity contribution < 1.29 is 14.3 Å². The Bertz CT molecular complexity index is 811. The first-order valence-corrected chi connectivity index (χ1v) is 10.1. The molecule has 1 atom stereocenters. The molecule has 1 amide bonds. The third-order valence-electron chi connectivity index (χ3n) is 4.86. The normalized spacial score (nSPS) is 17.1. The Morgan fingerprint density at radius 3 is 2.37 bits per heavy atom. The summed E-state index contributed by atoms with van der Waals surface area (Å²) >= 11 is 1.76. The number of thioether (sulfide) groups is 1. The molecule has 0 bridgehead atoms. The number of hydrogen-bond acceptors (Lipinski definition) is 4. The van der Waals surface area contributed by atoms with Gasteiger partial charge in [0.15, 0.2) is 0 Å². The van der Waals surface area contributed by atoms with Crippen LogP contribution in [0.1, 0.15) is 47.6 Å². The van der Waals surface area contributed by atoms with E-state index < -0.39 is 0 Å². The number of carbonyl (C=O) groups excluding carboxylic acids is 1. The second-order valence-corrected chi connectivity index (χ2v) is 8.85. The lowest BCUT2D eigenvalue weighted by atomic mass is 9.86. The summed E-state index contributed by atoms with van der Waals surface area (Å²) in [6.07, 6.45) is 0. The van der Waals surface area contributed by atoms with Crippen LogP contribution in [0, 0.1) is 0 Å². The van der Waals surface area contributed by atoms with Gasteiger partial charge in [-0.25, -0.2) is 0 Å². The van der Waals surface area contributed by atoms with Gasteiger partial charge in [0, 0.05) is 29.5 Å². The number of rotatable bonds is 4. The number of ether oxygens (including phenoxy) is 2. The Kier molecular flexibility index (Phi) is 5.70. The van der Waals surface area contributed by atoms with Crippen molar-refractivity contribution in [3.05, 3.63) is 59.2 Å². The van der Waals surface area contributed by atoms with Crippen molar-refractivity contribution in [1.82, 2.24) is 4.90 Å². The average molecular weight is 386 g/mol. The van der Waals surface area contributed by atoms with Crippen LogP contribution in [-0.2, 0) is 5.41 Å². The van der Waals surface area contributed by atoms with E-state index in [0.29, 0.717) is 0 Å². The van der Waals surface area contributed by atoms with Crippen molar-refractivity contribution in [2.45, 2.75) is 31.6 Å². The molecule has 1 aliphatic heterocycles. The second-order valence-electron chi connectivity index (χ2n) is 7.66. The molecule has 0 radical (unpaired) electrons. The zero-order valence-electron chi connectivity index (χ0n) is 16.6. The van der Waals surface area contributed by atoms with E-state index in [9.17, 15) is 4.79 Å². The van der Waals surface area contributed by atoms with E-state index in [1.165, 1.54) is 5.56 Å². The number of amides is 1. The lowest BCUT2D eigenvalue weighted by Gasteiger charge is -2.26. The lowest BCUT2D eigenvalue weighted by molar-refractivity contribution is 0.0759. The highest BCUT2D eigenvalue weighted by atomic mass is 32.2. The molecule has 2 aromatic rings. The highest BCUT2D eigenvalue weighted by Gasteiger charge is 2.33. The van der Waals surface area contributed by atoms with Crippen LogP contribution in [0.2, 0.25) is 0 Å². The summed E-state index contributed by atoms with van der Waals surface area (Å²) in [5.74, 6) is 2.46. The van der Waals surface area contributed by atoms with Crippen molar-refractivity contribution in [3.63, 3.8) is 0 Å². The monoisotopic (exact) mass is 385 g/mol. The highest BCUT2D eigenvalue weighted by Crippen LogP contribution is 2.43. The van der Waals surface area contributed by atoms with Gasteiger partial charge in [-0.3, -0.25) is 4.79 Å². The molecule has 1 heterocycles. The molecule has 1 saturated heterocycles. The molecular weight excluding hydrogens is 358 g/mol. The van der Waals surface area contributed by atoms with Crippen molar-refractivity contribution in [2.75, 3.05) is 26.5 Å². The summed E-state index contributed by atoms with van der Waals surface area (Å²) in [6.45, 7) is 7.25. The van der Waals surface area contributed by atoms with E-state index in [-0.39, 0.29) is 16.7 Å². The van der Waals surface area contributed by atoms with Crippen LogP contribution in [-0.4, -0.2) is 37.3 Å². The lowest BCUT2D eigenvalue weighted by Crippen LogP contribution is -2.30. The minimum atomic E-state index is -0.0550. The molecule has 4 nitrogen and oxygen atoms in total. The molecule has 1 aliphatic rings. The topological polar surface area (TPSA) is 38.8 Å². The predicted molar refractivity (Wildman–Crippen MR) is 111 cm³/mol. The van der Waals surface area contributed by atoms with Crippen LogP contribution < -0.4 is 9.47 Å². The van der Waals surface area contributed by atoms with Gasteiger partial charge in [-0.15, -0.1) is 11.8 Å². The fourth-order valence-corrected chi connectivity index (χ4v) is 4.52. The maximum absolute atomic E-state index is 13.2. The van der Waals surface area contributed by atoms with Gasteiger partial charge < -0.3 is 14.4 Å². The van der Waals surface area contributed by atoms with Crippen molar-refractivity contribution in [3.8, 4) is 11.5 Å². The molecule has 0 aliphatic carbocycles. The summed E-state index contributed by atoms with van der Waals surface area (Å²) in [6, 6.07) is 13.8. The van der Waals surface area contributed by atoms with Gasteiger partial charge in [-0.05, 0) is 35.2 Å². The first-order valence-electron chi connectivity index (χ1n) is 9.10. The minimum absolute atomic E-state index is 0.0550. The zero-order chi connectivity index (χ0) is 19.6. The van der Waals surface area contributed by atoms with Gasteiger partial charge >= 0.3 is 0 Å². The van der Waals surface area contributed by atoms with Gasteiger partial charge in [0.1, 0.15) is 16.9 Å². The maximum Gasteiger partial charge on any atom is 0.255 e. The van der Waals surface area contributed by atoms with Gasteiger partial charge in [-0.1, -0.05) is 32.9 Å². The van der Waals surface area contributed by atoms with Gasteiger partial charge in [0.05, 0.1) is 14.2 Å². The summed E-state index contributed by atoms with van der Waals surface area (Å²) in [4.78, 5) is 15.1. The molecule has 144 valence electrons. The number of carbonyl (C=O) groups is 1. The Morgan fingerprint density at radius 2 is 1.78 bits per heavy atom. The fourth-order valence-electron chi connectivity index (χ4n) is 3.24. The molecule has 2 aromatic carbocycles. The highest BCUT2D eigenvalue weighted by molar-refractivity contribution is 7.99. The van der Waals surface area contributed by atoms with Crippen molar-refractivity contribution >= 4 is 17.7 Å². The van der Waals surface area contributed by atoms with Crippen LogP contribution in [0.25, 0.3) is 0 Å². The summed E-state index contributed by atoms with van der Waals surface area (Å²) in [5.41, 5.74) is 3.02. The Labute approximate surface area is 165 Å². The number of benzene rings is 2. The van der Waals surface area contributed by atoms with Crippen LogP contribution in [0.5, 0.6) is 11.5 Å². The Balaban J connectivity index is 1.87. The molecule has 0 unspecified atom stereocenters. The SMILES string of the molecule is COc1ccc([C@@H]2SCCN2C(=O)c2ccc(C(C)(C)C)cc2)c(OC)c1. The molecular formula is C22H27NO3S. The number of nitrogens with zero attached hydrogens (tertiary/aromatic N) is 1. The van der Waals surface area contributed by atoms with E-state index in [1.54, 1.807) is 26.0 Å². The third-order valence-corrected chi connectivity index (χ3v) is 6.10. The molecule has 0 spiro atoms. The second kappa shape index (κ2) is 7.85. The molecule has 3 rings (SSSR count). The van der Waals surface area contributed by atoms with Crippen LogP contribution in [0.4, 0.5) is 0 Å². The summed E-state index contributed by atoms with van der Waals surface area (Å²) < 4.78 is 10.8. The smallest absolute Gasteiger partial charge is 0.255 e. The molecule has 0 aromatic heterocycles. The Morgan fingerprint density at radius 1 is 1.07 bits per heavy atom. The van der Waals surface area contributed by atoms with Crippen molar-refractivity contribution in [1.29, 1.82) is 0 Å². The average Bonchev–Trinajstić information content (AvgIpc) is 3.15. The quantitative estimate of drug-likeness (QED) is 0.751. The first-order chi connectivity index (χ1) is 12.8. The summed E-state index contributed by atoms with van der Waals surface area (Å²) in [7, 11) is 3.28. The molecule has 27 heavy (non-hydrogen) atoms. The van der Waals surface area contributed by atoms with E-state index in [0.717, 1.165) is 34.9 Å². The summed E-state index contributed by atoms with van der Waals surface area (Å²) in [5, 5.41) is -0.0550. The first kappa shape index (κ1) is 19.6. The zero-order valence-corrected chi connectivity index (χ0v) is 17.4. The minimum Gasteiger partial charge on any atom is -0.497 e. The number of hydrogen-bond donors (Lipinski definition) is 0. The molecule has 0 saturated carbocycles. The predicted octanol–water partition coefficient (Wildman–Crippen LogP) is 4.89. The molecule has 5 heteroatoms. The van der Waals surface area contributed by atoms with E-state index >= 15 is 0 Å². The maximum atomic E-state index is 13.2. The van der Waals surface area contributed by atoms with E-state index in [2.05, 4.69) is 32.9 Å². The van der Waals surface area contributed by atoms with Crippen LogP contribution >= 0.6 is 11.8 Å². The standard InChI is InChI=1S/C22H27NO3S/c1-22(2,3)16-8-6-15(7-9-16)20(24)23-12-13-27-21(23)18-11-10-17(25-4)14-19(18)26-5/h6-11,14,21H,12-13H2,1-5H3/t21-/m0/s1. The molecule has 0 N–H and O–H groups in total. The molecule has 1 fully saturated rings. The van der Waals surface area contributed by atoms with Gasteiger partial charge in [0.2, 0.25) is 0 Å². The number of methoxy groups -OCH3 is 2. The third kappa shape index (κ3) is 4.08. The van der Waals surface area contributed by atoms with Gasteiger partial charge in [0.25, 0.3) is 5.91 Å². The van der Waals surface area contributed by atoms with Crippen molar-refractivity contribution in [2.24, 2.45) is 0 Å². The van der Waals surface area contributed by atoms with Crippen LogP contribution in [0.3, 0.4) is 0 Å². The Hall–Kier alpha value is -2.14.